The van der Waals surface area contributed by atoms with E-state index in [0.29, 0.717) is 6.61 Å². The van der Waals surface area contributed by atoms with E-state index in [9.17, 15) is 9.59 Å². The van der Waals surface area contributed by atoms with E-state index in [1.807, 2.05) is 13.8 Å². The van der Waals surface area contributed by atoms with Crippen molar-refractivity contribution in [2.45, 2.75) is 26.8 Å². The summed E-state index contributed by atoms with van der Waals surface area (Å²) in [4.78, 5) is 22.3. The normalized spacial score (nSPS) is 12.3. The first-order valence-corrected chi connectivity index (χ1v) is 4.99. The highest BCUT2D eigenvalue weighted by Gasteiger charge is 2.21. The van der Waals surface area contributed by atoms with Crippen molar-refractivity contribution in [1.29, 1.82) is 0 Å². The van der Waals surface area contributed by atoms with Crippen molar-refractivity contribution in [2.75, 3.05) is 20.3 Å². The van der Waals surface area contributed by atoms with Crippen LogP contribution in [0.5, 0.6) is 0 Å². The second kappa shape index (κ2) is 7.23. The molecule has 1 atom stereocenters. The Bertz CT molecular complexity index is 215. The molecule has 0 aliphatic rings. The first-order valence-electron chi connectivity index (χ1n) is 4.99. The van der Waals surface area contributed by atoms with Crippen LogP contribution < -0.4 is 5.32 Å². The largest absolute Gasteiger partial charge is 0.459 e. The molecule has 1 N–H and O–H groups in total. The van der Waals surface area contributed by atoms with Crippen LogP contribution in [0.25, 0.3) is 0 Å². The Labute approximate surface area is 90.1 Å². The Hall–Kier alpha value is -1.10. The van der Waals surface area contributed by atoms with Gasteiger partial charge in [0.2, 0.25) is 0 Å². The molecule has 0 aromatic heterocycles. The summed E-state index contributed by atoms with van der Waals surface area (Å²) in [6, 6.07) is -0.174. The molecule has 0 heterocycles. The number of carbonyl (C=O) groups excluding carboxylic acids is 2. The fraction of sp³-hybridized carbons (Fsp3) is 0.800. The summed E-state index contributed by atoms with van der Waals surface area (Å²) in [5.41, 5.74) is 0. The SMILES string of the molecule is CCOC(=O)C(=O)NC(COC)C(C)C. The molecule has 0 aliphatic carbocycles. The maximum absolute atomic E-state index is 11.3. The molecule has 0 saturated heterocycles. The van der Waals surface area contributed by atoms with E-state index in [1.165, 1.54) is 0 Å². The van der Waals surface area contributed by atoms with Crippen molar-refractivity contribution >= 4 is 11.9 Å². The van der Waals surface area contributed by atoms with Crippen molar-refractivity contribution < 1.29 is 19.1 Å². The van der Waals surface area contributed by atoms with Crippen LogP contribution in [0, 0.1) is 5.92 Å². The molecule has 5 heteroatoms. The van der Waals surface area contributed by atoms with E-state index < -0.39 is 11.9 Å². The number of esters is 1. The number of carbonyl (C=O) groups is 2. The molecule has 0 saturated carbocycles. The summed E-state index contributed by atoms with van der Waals surface area (Å²) >= 11 is 0. The van der Waals surface area contributed by atoms with Crippen LogP contribution in [0.2, 0.25) is 0 Å². The molecular weight excluding hydrogens is 198 g/mol. The minimum Gasteiger partial charge on any atom is -0.459 e. The number of nitrogens with one attached hydrogen (secondary N) is 1. The summed E-state index contributed by atoms with van der Waals surface area (Å²) in [6.45, 7) is 6.11. The molecule has 1 unspecified atom stereocenters. The summed E-state index contributed by atoms with van der Waals surface area (Å²) in [5, 5.41) is 2.56. The highest BCUT2D eigenvalue weighted by Crippen LogP contribution is 2.01. The minimum absolute atomic E-state index is 0.174. The fourth-order valence-corrected chi connectivity index (χ4v) is 1.00. The maximum Gasteiger partial charge on any atom is 0.396 e. The van der Waals surface area contributed by atoms with Crippen molar-refractivity contribution in [3.05, 3.63) is 0 Å². The lowest BCUT2D eigenvalue weighted by molar-refractivity contribution is -0.155. The predicted octanol–water partition coefficient (Wildman–Crippen LogP) is 0.337. The van der Waals surface area contributed by atoms with E-state index in [0.717, 1.165) is 0 Å². The molecule has 1 amide bonds. The van der Waals surface area contributed by atoms with Crippen molar-refractivity contribution in [3.63, 3.8) is 0 Å². The molecule has 15 heavy (non-hydrogen) atoms. The van der Waals surface area contributed by atoms with E-state index in [-0.39, 0.29) is 18.6 Å². The van der Waals surface area contributed by atoms with Gasteiger partial charge < -0.3 is 14.8 Å². The predicted molar refractivity (Wildman–Crippen MR) is 55.3 cm³/mol. The number of methoxy groups -OCH3 is 1. The molecule has 88 valence electrons. The zero-order chi connectivity index (χ0) is 11.8. The fourth-order valence-electron chi connectivity index (χ4n) is 1.00. The van der Waals surface area contributed by atoms with Gasteiger partial charge in [-0.05, 0) is 12.8 Å². The van der Waals surface area contributed by atoms with Gasteiger partial charge in [-0.1, -0.05) is 13.8 Å². The van der Waals surface area contributed by atoms with Gasteiger partial charge in [0, 0.05) is 7.11 Å². The van der Waals surface area contributed by atoms with Gasteiger partial charge in [0.05, 0.1) is 19.3 Å². The zero-order valence-corrected chi connectivity index (χ0v) is 9.70. The standard InChI is InChI=1S/C10H19NO4/c1-5-15-10(13)9(12)11-8(6-14-4)7(2)3/h7-8H,5-6H2,1-4H3,(H,11,12). The van der Waals surface area contributed by atoms with Gasteiger partial charge in [0.15, 0.2) is 0 Å². The van der Waals surface area contributed by atoms with E-state index >= 15 is 0 Å². The molecule has 0 aromatic carbocycles. The minimum atomic E-state index is -0.848. The lowest BCUT2D eigenvalue weighted by Gasteiger charge is -2.20. The number of amides is 1. The van der Waals surface area contributed by atoms with Crippen LogP contribution in [-0.2, 0) is 19.1 Å². The molecule has 0 spiro atoms. The Balaban J connectivity index is 4.16. The number of hydrogen-bond acceptors (Lipinski definition) is 4. The monoisotopic (exact) mass is 217 g/mol. The molecule has 0 aromatic rings. The number of rotatable bonds is 5. The van der Waals surface area contributed by atoms with Gasteiger partial charge in [-0.15, -0.1) is 0 Å². The molecule has 0 fully saturated rings. The average molecular weight is 217 g/mol. The van der Waals surface area contributed by atoms with Crippen LogP contribution >= 0.6 is 0 Å². The molecule has 0 rings (SSSR count). The van der Waals surface area contributed by atoms with Crippen LogP contribution in [0.1, 0.15) is 20.8 Å². The Morgan fingerprint density at radius 3 is 2.33 bits per heavy atom. The quantitative estimate of drug-likeness (QED) is 0.532. The van der Waals surface area contributed by atoms with Gasteiger partial charge in [-0.2, -0.15) is 0 Å². The van der Waals surface area contributed by atoms with Crippen molar-refractivity contribution in [1.82, 2.24) is 5.32 Å². The third kappa shape index (κ3) is 5.37. The third-order valence-corrected chi connectivity index (χ3v) is 1.93. The van der Waals surface area contributed by atoms with Gasteiger partial charge in [0.25, 0.3) is 0 Å². The number of hydrogen-bond donors (Lipinski definition) is 1. The third-order valence-electron chi connectivity index (χ3n) is 1.93. The summed E-state index contributed by atoms with van der Waals surface area (Å²) < 4.78 is 9.51. The van der Waals surface area contributed by atoms with Crippen LogP contribution in [0.3, 0.4) is 0 Å². The van der Waals surface area contributed by atoms with Crippen molar-refractivity contribution in [3.8, 4) is 0 Å². The number of ether oxygens (including phenoxy) is 2. The summed E-state index contributed by atoms with van der Waals surface area (Å²) in [7, 11) is 1.55. The first kappa shape index (κ1) is 13.9. The average Bonchev–Trinajstić information content (AvgIpc) is 2.17. The van der Waals surface area contributed by atoms with Crippen molar-refractivity contribution in [2.24, 2.45) is 5.92 Å². The van der Waals surface area contributed by atoms with Crippen LogP contribution in [0.15, 0.2) is 0 Å². The molecule has 0 bridgehead atoms. The van der Waals surface area contributed by atoms with E-state index in [1.54, 1.807) is 14.0 Å². The molecule has 5 nitrogen and oxygen atoms in total. The molecular formula is C10H19NO4. The van der Waals surface area contributed by atoms with Gasteiger partial charge in [-0.25, -0.2) is 4.79 Å². The van der Waals surface area contributed by atoms with Gasteiger partial charge in [0.1, 0.15) is 0 Å². The smallest absolute Gasteiger partial charge is 0.396 e. The second-order valence-electron chi connectivity index (χ2n) is 3.50. The Kier molecular flexibility index (Phi) is 6.70. The van der Waals surface area contributed by atoms with Gasteiger partial charge >= 0.3 is 11.9 Å². The molecule has 0 aliphatic heterocycles. The highest BCUT2D eigenvalue weighted by atomic mass is 16.5. The summed E-state index contributed by atoms with van der Waals surface area (Å²) in [6.07, 6.45) is 0. The lowest BCUT2D eigenvalue weighted by Crippen LogP contribution is -2.45. The van der Waals surface area contributed by atoms with Crippen LogP contribution in [0.4, 0.5) is 0 Å². The van der Waals surface area contributed by atoms with E-state index in [4.69, 9.17) is 4.74 Å². The highest BCUT2D eigenvalue weighted by molar-refractivity contribution is 6.32. The summed E-state index contributed by atoms with van der Waals surface area (Å²) in [5.74, 6) is -1.37. The van der Waals surface area contributed by atoms with Crippen LogP contribution in [-0.4, -0.2) is 38.2 Å². The first-order chi connectivity index (χ1) is 7.02. The second-order valence-corrected chi connectivity index (χ2v) is 3.50. The van der Waals surface area contributed by atoms with E-state index in [2.05, 4.69) is 10.1 Å². The Morgan fingerprint density at radius 1 is 1.33 bits per heavy atom. The Morgan fingerprint density at radius 2 is 1.93 bits per heavy atom. The topological polar surface area (TPSA) is 64.6 Å². The molecule has 0 radical (unpaired) electrons. The zero-order valence-electron chi connectivity index (χ0n) is 9.70. The van der Waals surface area contributed by atoms with Gasteiger partial charge in [-0.3, -0.25) is 4.79 Å². The lowest BCUT2D eigenvalue weighted by atomic mass is 10.1. The maximum atomic E-state index is 11.3.